The molecule has 51 heavy (non-hydrogen) atoms. The van der Waals surface area contributed by atoms with E-state index in [1.54, 1.807) is 41.7 Å². The van der Waals surface area contributed by atoms with Gasteiger partial charge in [0.1, 0.15) is 5.60 Å². The maximum Gasteiger partial charge on any atom is 0.338 e. The first-order valence-electron chi connectivity index (χ1n) is 16.3. The fourth-order valence-electron chi connectivity index (χ4n) is 5.54. The van der Waals surface area contributed by atoms with E-state index < -0.39 is 49.0 Å². The number of halogens is 1. The van der Waals surface area contributed by atoms with Gasteiger partial charge < -0.3 is 15.0 Å². The average molecular weight is 743 g/mol. The highest BCUT2D eigenvalue weighted by Crippen LogP contribution is 2.30. The number of nitro benzene ring substituents is 1. The van der Waals surface area contributed by atoms with Crippen LogP contribution in [-0.4, -0.2) is 90.3 Å². The highest BCUT2D eigenvalue weighted by Gasteiger charge is 2.33. The van der Waals surface area contributed by atoms with Crippen LogP contribution < -0.4 is 10.2 Å². The summed E-state index contributed by atoms with van der Waals surface area (Å²) in [4.78, 5) is 51.9. The van der Waals surface area contributed by atoms with Gasteiger partial charge in [-0.25, -0.2) is 18.2 Å². The summed E-state index contributed by atoms with van der Waals surface area (Å²) in [5, 5.41) is 17.8. The van der Waals surface area contributed by atoms with Gasteiger partial charge in [-0.3, -0.25) is 24.7 Å². The van der Waals surface area contributed by atoms with Gasteiger partial charge in [-0.15, -0.1) is 0 Å². The van der Waals surface area contributed by atoms with Gasteiger partial charge in [-0.05, 0) is 70.0 Å². The first kappa shape index (κ1) is 39.2. The lowest BCUT2D eigenvalue weighted by Gasteiger charge is -2.32. The highest BCUT2D eigenvalue weighted by molar-refractivity contribution is 7.89. The topological polar surface area (TPSA) is 163 Å². The lowest BCUT2D eigenvalue weighted by atomic mass is 10.1. The molecule has 274 valence electrons. The molecule has 1 aliphatic heterocycles. The number of hydrazine groups is 1. The van der Waals surface area contributed by atoms with Crippen LogP contribution in [0.4, 0.5) is 11.4 Å². The Hall–Kier alpha value is -4.57. The highest BCUT2D eigenvalue weighted by atomic mass is 35.5. The molecule has 1 heterocycles. The Bertz CT molecular complexity index is 1870. The fraction of sp³-hybridized carbons (Fsp3) is 0.400. The number of sulfonamides is 1. The van der Waals surface area contributed by atoms with E-state index in [1.807, 2.05) is 29.3 Å². The normalized spacial score (nSPS) is 13.2. The molecule has 0 fully saturated rings. The molecular formula is C35H43ClN6O8S. The predicted molar refractivity (Wildman–Crippen MR) is 192 cm³/mol. The van der Waals surface area contributed by atoms with Crippen LogP contribution in [0.3, 0.4) is 0 Å². The van der Waals surface area contributed by atoms with Gasteiger partial charge in [0.15, 0.2) is 4.90 Å². The van der Waals surface area contributed by atoms with Crippen molar-refractivity contribution in [1.29, 1.82) is 0 Å². The van der Waals surface area contributed by atoms with Crippen molar-refractivity contribution in [2.24, 2.45) is 0 Å². The van der Waals surface area contributed by atoms with Crippen molar-refractivity contribution in [3.8, 4) is 0 Å². The number of anilines is 1. The third-order valence-electron chi connectivity index (χ3n) is 8.07. The van der Waals surface area contributed by atoms with Gasteiger partial charge in [0.05, 0.1) is 34.3 Å². The van der Waals surface area contributed by atoms with Crippen molar-refractivity contribution in [2.75, 3.05) is 38.1 Å². The predicted octanol–water partition coefficient (Wildman–Crippen LogP) is 4.61. The molecule has 0 aliphatic carbocycles. The largest absolute Gasteiger partial charge is 0.456 e. The lowest BCUT2D eigenvalue weighted by molar-refractivity contribution is -0.387. The van der Waals surface area contributed by atoms with Crippen molar-refractivity contribution < 1.29 is 32.5 Å². The third-order valence-corrected chi connectivity index (χ3v) is 10.5. The van der Waals surface area contributed by atoms with Crippen LogP contribution in [0, 0.1) is 10.1 Å². The van der Waals surface area contributed by atoms with Crippen molar-refractivity contribution in [3.63, 3.8) is 0 Å². The Balaban J connectivity index is 1.54. The van der Waals surface area contributed by atoms with Gasteiger partial charge in [-0.2, -0.15) is 4.31 Å². The van der Waals surface area contributed by atoms with Gasteiger partial charge in [0.2, 0.25) is 15.9 Å². The molecule has 0 bridgehead atoms. The summed E-state index contributed by atoms with van der Waals surface area (Å²) in [6, 6.07) is 16.8. The first-order chi connectivity index (χ1) is 23.9. The number of carbonyl (C=O) groups excluding carboxylic acids is 3. The number of fused-ring (bicyclic) bond motifs is 1. The SMILES string of the molecule is CC(C)N(CCNC(=O)CN(CC(=O)N(C)N1Cc2ccccc2C1)c1cc(C(=O)OC(C)(C)C)ccc1Cl)S(=O)(=O)c1ccccc1[N+](=O)[O-]. The number of benzene rings is 3. The van der Waals surface area contributed by atoms with Crippen LogP contribution in [0.2, 0.25) is 5.02 Å². The molecule has 0 saturated heterocycles. The van der Waals surface area contributed by atoms with E-state index in [4.69, 9.17) is 16.3 Å². The molecule has 0 atom stereocenters. The van der Waals surface area contributed by atoms with Gasteiger partial charge in [0, 0.05) is 45.3 Å². The molecule has 1 N–H and O–H groups in total. The number of likely N-dealkylation sites (N-methyl/N-ethyl adjacent to an activating group) is 1. The number of nitrogens with one attached hydrogen (secondary N) is 1. The molecule has 0 saturated carbocycles. The van der Waals surface area contributed by atoms with Crippen molar-refractivity contribution >= 4 is 50.8 Å². The van der Waals surface area contributed by atoms with Gasteiger partial charge in [0.25, 0.3) is 11.6 Å². The van der Waals surface area contributed by atoms with Crippen molar-refractivity contribution in [3.05, 3.63) is 98.6 Å². The van der Waals surface area contributed by atoms with E-state index in [2.05, 4.69) is 5.32 Å². The quantitative estimate of drug-likeness (QED) is 0.140. The first-order valence-corrected chi connectivity index (χ1v) is 18.1. The number of esters is 1. The molecule has 2 amide bonds. The minimum absolute atomic E-state index is 0.143. The zero-order valence-corrected chi connectivity index (χ0v) is 31.0. The minimum Gasteiger partial charge on any atom is -0.456 e. The number of para-hydroxylation sites is 1. The number of hydrogen-bond acceptors (Lipinski definition) is 10. The third kappa shape index (κ3) is 9.82. The molecule has 0 radical (unpaired) electrons. The zero-order chi connectivity index (χ0) is 37.7. The van der Waals surface area contributed by atoms with Crippen LogP contribution in [0.5, 0.6) is 0 Å². The Labute approximate surface area is 303 Å². The van der Waals surface area contributed by atoms with Crippen molar-refractivity contribution in [2.45, 2.75) is 64.2 Å². The second kappa shape index (κ2) is 16.2. The van der Waals surface area contributed by atoms with E-state index in [9.17, 15) is 32.9 Å². The maximum absolute atomic E-state index is 13.7. The smallest absolute Gasteiger partial charge is 0.338 e. The summed E-state index contributed by atoms with van der Waals surface area (Å²) in [5.74, 6) is -1.53. The Kier molecular flexibility index (Phi) is 12.4. The van der Waals surface area contributed by atoms with E-state index in [-0.39, 0.29) is 48.4 Å². The fourth-order valence-corrected chi connectivity index (χ4v) is 7.57. The molecule has 0 spiro atoms. The van der Waals surface area contributed by atoms with E-state index >= 15 is 0 Å². The number of hydrogen-bond donors (Lipinski definition) is 1. The summed E-state index contributed by atoms with van der Waals surface area (Å²) in [7, 11) is -2.67. The minimum atomic E-state index is -4.31. The average Bonchev–Trinajstić information content (AvgIpc) is 3.49. The Morgan fingerprint density at radius 1 is 1.00 bits per heavy atom. The number of amides is 2. The molecule has 14 nitrogen and oxygen atoms in total. The Morgan fingerprint density at radius 2 is 1.61 bits per heavy atom. The van der Waals surface area contributed by atoms with Crippen LogP contribution in [0.25, 0.3) is 0 Å². The van der Waals surface area contributed by atoms with E-state index in [1.165, 1.54) is 46.3 Å². The molecule has 1 aliphatic rings. The number of ether oxygens (including phenoxy) is 1. The molecule has 3 aromatic rings. The molecule has 3 aromatic carbocycles. The summed E-state index contributed by atoms with van der Waals surface area (Å²) >= 11 is 6.61. The molecule has 0 unspecified atom stereocenters. The number of nitrogens with zero attached hydrogens (tertiary/aromatic N) is 5. The van der Waals surface area contributed by atoms with Crippen molar-refractivity contribution in [1.82, 2.24) is 19.6 Å². The number of nitro groups is 1. The van der Waals surface area contributed by atoms with Crippen LogP contribution in [0.1, 0.15) is 56.1 Å². The Morgan fingerprint density at radius 3 is 2.20 bits per heavy atom. The molecular weight excluding hydrogens is 700 g/mol. The molecule has 4 rings (SSSR count). The standard InChI is InChI=1S/C35H43ClN6O8S/c1-24(2)41(51(48,49)31-14-10-9-13-29(31)42(46)47)18-17-37-32(43)22-39(30-19-25(15-16-28(30)36)34(45)50-35(3,4)5)23-33(44)38(6)40-20-26-11-7-8-12-27(26)21-40/h7-16,19,24H,17-18,20-23H2,1-6H3,(H,37,43). The van der Waals surface area contributed by atoms with E-state index in [0.717, 1.165) is 21.5 Å². The summed E-state index contributed by atoms with van der Waals surface area (Å²) in [6.07, 6.45) is 0. The second-order valence-corrected chi connectivity index (χ2v) is 15.6. The lowest BCUT2D eigenvalue weighted by Crippen LogP contribution is -2.48. The summed E-state index contributed by atoms with van der Waals surface area (Å²) in [6.45, 7) is 8.48. The zero-order valence-electron chi connectivity index (χ0n) is 29.5. The van der Waals surface area contributed by atoms with Crippen LogP contribution in [0.15, 0.2) is 71.6 Å². The maximum atomic E-state index is 13.7. The van der Waals surface area contributed by atoms with Crippen LogP contribution in [-0.2, 0) is 37.4 Å². The summed E-state index contributed by atoms with van der Waals surface area (Å²) in [5.41, 5.74) is 1.27. The van der Waals surface area contributed by atoms with Gasteiger partial charge >= 0.3 is 5.97 Å². The van der Waals surface area contributed by atoms with E-state index in [0.29, 0.717) is 13.1 Å². The summed E-state index contributed by atoms with van der Waals surface area (Å²) < 4.78 is 33.6. The number of rotatable bonds is 14. The van der Waals surface area contributed by atoms with Gasteiger partial charge in [-0.1, -0.05) is 48.0 Å². The molecule has 0 aromatic heterocycles. The second-order valence-electron chi connectivity index (χ2n) is 13.3. The number of carbonyl (C=O) groups is 3. The monoisotopic (exact) mass is 742 g/mol. The van der Waals surface area contributed by atoms with Crippen LogP contribution >= 0.6 is 11.6 Å². The molecule has 16 heteroatoms.